The molecule has 1 amide bonds. The minimum atomic E-state index is -0.269. The molecule has 0 fully saturated rings. The van der Waals surface area contributed by atoms with Crippen LogP contribution in [0, 0.1) is 0 Å². The molecule has 0 saturated carbocycles. The van der Waals surface area contributed by atoms with Gasteiger partial charge in [-0.2, -0.15) is 5.10 Å². The van der Waals surface area contributed by atoms with E-state index in [9.17, 15) is 4.79 Å². The molecule has 0 aromatic carbocycles. The maximum atomic E-state index is 11.7. The van der Waals surface area contributed by atoms with Crippen molar-refractivity contribution in [2.45, 2.75) is 6.54 Å². The molecule has 2 aromatic heterocycles. The van der Waals surface area contributed by atoms with Crippen molar-refractivity contribution in [3.05, 3.63) is 35.7 Å². The van der Waals surface area contributed by atoms with Crippen molar-refractivity contribution in [2.24, 2.45) is 0 Å². The molecule has 94 valence electrons. The van der Waals surface area contributed by atoms with E-state index in [-0.39, 0.29) is 11.7 Å². The van der Waals surface area contributed by atoms with E-state index in [0.717, 1.165) is 5.56 Å². The number of rotatable bonds is 4. The first-order valence-electron chi connectivity index (χ1n) is 5.27. The van der Waals surface area contributed by atoms with Gasteiger partial charge in [0.2, 0.25) is 5.88 Å². The quantitative estimate of drug-likeness (QED) is 0.721. The van der Waals surface area contributed by atoms with Crippen LogP contribution in [0.15, 0.2) is 24.4 Å². The molecule has 0 aliphatic heterocycles. The number of anilines is 1. The molecular formula is C11H13N5O2. The van der Waals surface area contributed by atoms with Crippen molar-refractivity contribution < 1.29 is 9.53 Å². The van der Waals surface area contributed by atoms with Gasteiger partial charge in [0.05, 0.1) is 7.11 Å². The number of pyridine rings is 1. The van der Waals surface area contributed by atoms with Crippen LogP contribution in [0.2, 0.25) is 0 Å². The van der Waals surface area contributed by atoms with E-state index in [4.69, 9.17) is 10.5 Å². The zero-order chi connectivity index (χ0) is 13.0. The Hall–Kier alpha value is -2.57. The van der Waals surface area contributed by atoms with Crippen LogP contribution in [-0.2, 0) is 6.54 Å². The average molecular weight is 247 g/mol. The summed E-state index contributed by atoms with van der Waals surface area (Å²) < 4.78 is 4.99. The fourth-order valence-electron chi connectivity index (χ4n) is 1.40. The summed E-state index contributed by atoms with van der Waals surface area (Å²) in [4.78, 5) is 15.7. The predicted octanol–water partition coefficient (Wildman–Crippen LogP) is 0.325. The summed E-state index contributed by atoms with van der Waals surface area (Å²) in [5, 5.41) is 8.95. The van der Waals surface area contributed by atoms with Gasteiger partial charge in [0.25, 0.3) is 5.91 Å². The first-order valence-corrected chi connectivity index (χ1v) is 5.27. The summed E-state index contributed by atoms with van der Waals surface area (Å²) in [6, 6.07) is 5.02. The van der Waals surface area contributed by atoms with Gasteiger partial charge in [-0.05, 0) is 11.6 Å². The molecule has 0 bridgehead atoms. The van der Waals surface area contributed by atoms with E-state index in [1.165, 1.54) is 13.2 Å². The lowest BCUT2D eigenvalue weighted by Gasteiger charge is -2.05. The molecule has 18 heavy (non-hydrogen) atoms. The molecule has 7 heteroatoms. The van der Waals surface area contributed by atoms with Gasteiger partial charge in [0.15, 0.2) is 0 Å². The molecule has 7 nitrogen and oxygen atoms in total. The number of nitrogens with one attached hydrogen (secondary N) is 2. The lowest BCUT2D eigenvalue weighted by Crippen LogP contribution is -2.23. The average Bonchev–Trinajstić information content (AvgIpc) is 2.83. The number of aromatic nitrogens is 3. The first-order chi connectivity index (χ1) is 8.69. The van der Waals surface area contributed by atoms with Crippen LogP contribution < -0.4 is 15.8 Å². The SMILES string of the molecule is COc1cc(CNC(=O)c2cc(N)n[nH]2)ccn1. The number of carbonyl (C=O) groups is 1. The van der Waals surface area contributed by atoms with Gasteiger partial charge >= 0.3 is 0 Å². The van der Waals surface area contributed by atoms with E-state index in [1.807, 2.05) is 0 Å². The second kappa shape index (κ2) is 5.17. The molecule has 2 aromatic rings. The third kappa shape index (κ3) is 2.76. The molecule has 0 radical (unpaired) electrons. The van der Waals surface area contributed by atoms with Gasteiger partial charge in [-0.25, -0.2) is 4.98 Å². The van der Waals surface area contributed by atoms with Crippen molar-refractivity contribution in [3.8, 4) is 5.88 Å². The number of hydrogen-bond acceptors (Lipinski definition) is 5. The minimum absolute atomic E-state index is 0.269. The van der Waals surface area contributed by atoms with Crippen LogP contribution in [0.4, 0.5) is 5.82 Å². The molecular weight excluding hydrogens is 234 g/mol. The van der Waals surface area contributed by atoms with E-state index in [1.54, 1.807) is 18.3 Å². The van der Waals surface area contributed by atoms with Crippen LogP contribution in [0.25, 0.3) is 0 Å². The Morgan fingerprint density at radius 2 is 2.39 bits per heavy atom. The van der Waals surface area contributed by atoms with Gasteiger partial charge in [-0.3, -0.25) is 9.89 Å². The second-order valence-corrected chi connectivity index (χ2v) is 3.60. The van der Waals surface area contributed by atoms with Crippen LogP contribution in [0.1, 0.15) is 16.1 Å². The molecule has 2 heterocycles. The molecule has 0 atom stereocenters. The number of nitrogens with zero attached hydrogens (tertiary/aromatic N) is 2. The number of nitrogens with two attached hydrogens (primary N) is 1. The Bertz CT molecular complexity index is 552. The second-order valence-electron chi connectivity index (χ2n) is 3.60. The molecule has 0 saturated heterocycles. The maximum absolute atomic E-state index is 11.7. The Balaban J connectivity index is 1.97. The van der Waals surface area contributed by atoms with Crippen molar-refractivity contribution in [1.29, 1.82) is 0 Å². The number of hydrogen-bond donors (Lipinski definition) is 3. The van der Waals surface area contributed by atoms with E-state index >= 15 is 0 Å². The third-order valence-electron chi connectivity index (χ3n) is 2.30. The van der Waals surface area contributed by atoms with E-state index in [2.05, 4.69) is 20.5 Å². The van der Waals surface area contributed by atoms with Crippen LogP contribution in [-0.4, -0.2) is 28.2 Å². The molecule has 2 rings (SSSR count). The number of carbonyl (C=O) groups excluding carboxylic acids is 1. The Labute approximate surface area is 103 Å². The van der Waals surface area contributed by atoms with Crippen LogP contribution in [0.3, 0.4) is 0 Å². The summed E-state index contributed by atoms with van der Waals surface area (Å²) in [6.07, 6.45) is 1.62. The number of methoxy groups -OCH3 is 1. The number of H-pyrrole nitrogens is 1. The number of aromatic amines is 1. The summed E-state index contributed by atoms with van der Waals surface area (Å²) in [6.45, 7) is 0.372. The summed E-state index contributed by atoms with van der Waals surface area (Å²) in [5.74, 6) is 0.522. The topological polar surface area (TPSA) is 106 Å². The van der Waals surface area contributed by atoms with Gasteiger partial charge in [-0.15, -0.1) is 0 Å². The number of nitrogen functional groups attached to an aromatic ring is 1. The maximum Gasteiger partial charge on any atom is 0.269 e. The van der Waals surface area contributed by atoms with Crippen molar-refractivity contribution >= 4 is 11.7 Å². The van der Waals surface area contributed by atoms with Gasteiger partial charge in [-0.1, -0.05) is 0 Å². The number of ether oxygens (including phenoxy) is 1. The molecule has 0 spiro atoms. The molecule has 4 N–H and O–H groups in total. The smallest absolute Gasteiger partial charge is 0.269 e. The van der Waals surface area contributed by atoms with E-state index in [0.29, 0.717) is 18.1 Å². The molecule has 0 unspecified atom stereocenters. The van der Waals surface area contributed by atoms with Crippen molar-refractivity contribution in [3.63, 3.8) is 0 Å². The highest BCUT2D eigenvalue weighted by Crippen LogP contribution is 2.08. The standard InChI is InChI=1S/C11H13N5O2/c1-18-10-4-7(2-3-13-10)6-14-11(17)8-5-9(12)16-15-8/h2-5H,6H2,1H3,(H,14,17)(H3,12,15,16). The normalized spacial score (nSPS) is 10.1. The fourth-order valence-corrected chi connectivity index (χ4v) is 1.40. The summed E-state index contributed by atoms with van der Waals surface area (Å²) >= 11 is 0. The van der Waals surface area contributed by atoms with E-state index < -0.39 is 0 Å². The highest BCUT2D eigenvalue weighted by molar-refractivity contribution is 5.92. The predicted molar refractivity (Wildman–Crippen MR) is 65.0 cm³/mol. The van der Waals surface area contributed by atoms with Gasteiger partial charge in [0, 0.05) is 24.9 Å². The third-order valence-corrected chi connectivity index (χ3v) is 2.30. The summed E-state index contributed by atoms with van der Waals surface area (Å²) in [5.41, 5.74) is 6.63. The highest BCUT2D eigenvalue weighted by atomic mass is 16.5. The zero-order valence-electron chi connectivity index (χ0n) is 9.80. The van der Waals surface area contributed by atoms with Gasteiger partial charge < -0.3 is 15.8 Å². The Morgan fingerprint density at radius 3 is 3.06 bits per heavy atom. The lowest BCUT2D eigenvalue weighted by atomic mass is 10.2. The lowest BCUT2D eigenvalue weighted by molar-refractivity contribution is 0.0946. The largest absolute Gasteiger partial charge is 0.481 e. The minimum Gasteiger partial charge on any atom is -0.481 e. The van der Waals surface area contributed by atoms with Crippen molar-refractivity contribution in [2.75, 3.05) is 12.8 Å². The van der Waals surface area contributed by atoms with Crippen LogP contribution >= 0.6 is 0 Å². The van der Waals surface area contributed by atoms with Crippen molar-refractivity contribution in [1.82, 2.24) is 20.5 Å². The van der Waals surface area contributed by atoms with Crippen LogP contribution in [0.5, 0.6) is 5.88 Å². The summed E-state index contributed by atoms with van der Waals surface area (Å²) in [7, 11) is 1.54. The Morgan fingerprint density at radius 1 is 1.56 bits per heavy atom. The first kappa shape index (κ1) is 11.9. The monoisotopic (exact) mass is 247 g/mol. The number of amides is 1. The fraction of sp³-hybridized carbons (Fsp3) is 0.182. The molecule has 0 aliphatic rings. The zero-order valence-corrected chi connectivity index (χ0v) is 9.80. The Kier molecular flexibility index (Phi) is 3.42. The molecule has 0 aliphatic carbocycles. The highest BCUT2D eigenvalue weighted by Gasteiger charge is 2.08. The van der Waals surface area contributed by atoms with Gasteiger partial charge in [0.1, 0.15) is 11.5 Å².